The highest BCUT2D eigenvalue weighted by atomic mass is 16.7. The number of hydrogen-bond acceptors (Lipinski definition) is 11. The number of hydrogen-bond donors (Lipinski definition) is 1. The number of methoxy groups -OCH3 is 1. The summed E-state index contributed by atoms with van der Waals surface area (Å²) in [4.78, 5) is 22.4. The van der Waals surface area contributed by atoms with Gasteiger partial charge in [0.25, 0.3) is 6.01 Å². The molecule has 1 N–H and O–H groups in total. The summed E-state index contributed by atoms with van der Waals surface area (Å²) in [5.74, 6) is 1.78. The number of carbonyl (C=O) groups excluding carboxylic acids is 1. The van der Waals surface area contributed by atoms with Gasteiger partial charge in [0.1, 0.15) is 35.4 Å². The van der Waals surface area contributed by atoms with Crippen LogP contribution in [-0.2, 0) is 11.3 Å². The molecule has 1 saturated heterocycles. The van der Waals surface area contributed by atoms with Crippen LogP contribution in [0.4, 0.5) is 10.8 Å². The number of anilines is 1. The number of oxazole rings is 1. The van der Waals surface area contributed by atoms with Crippen LogP contribution < -0.4 is 19.5 Å². The Morgan fingerprint density at radius 2 is 1.85 bits per heavy atom. The zero-order valence-corrected chi connectivity index (χ0v) is 22.3. The quantitative estimate of drug-likeness (QED) is 0.228. The number of nitrogens with zero attached hydrogens (tertiary/aromatic N) is 5. The molecule has 39 heavy (non-hydrogen) atoms. The molecule has 2 aromatic carbocycles. The maximum atomic E-state index is 11.4. The molecular formula is C27H32N6O6. The lowest BCUT2D eigenvalue weighted by molar-refractivity contribution is 0.121. The lowest BCUT2D eigenvalue weighted by Crippen LogP contribution is -2.38. The summed E-state index contributed by atoms with van der Waals surface area (Å²) in [6, 6.07) is 9.80. The molecule has 4 aromatic rings. The molecule has 0 spiro atoms. The van der Waals surface area contributed by atoms with Gasteiger partial charge >= 0.3 is 6.16 Å². The molecule has 1 fully saturated rings. The third-order valence-corrected chi connectivity index (χ3v) is 6.40. The van der Waals surface area contributed by atoms with E-state index in [0.29, 0.717) is 36.1 Å². The van der Waals surface area contributed by atoms with Crippen molar-refractivity contribution in [2.45, 2.75) is 39.3 Å². The molecule has 0 unspecified atom stereocenters. The smallest absolute Gasteiger partial charge is 0.491 e. The Morgan fingerprint density at radius 3 is 2.49 bits per heavy atom. The Kier molecular flexibility index (Phi) is 8.11. The van der Waals surface area contributed by atoms with E-state index >= 15 is 0 Å². The van der Waals surface area contributed by atoms with Gasteiger partial charge < -0.3 is 28.7 Å². The van der Waals surface area contributed by atoms with E-state index in [4.69, 9.17) is 18.6 Å². The zero-order chi connectivity index (χ0) is 27.2. The second-order valence-electron chi connectivity index (χ2n) is 9.05. The fraction of sp³-hybridized carbons (Fsp3) is 0.407. The van der Waals surface area contributed by atoms with Crippen molar-refractivity contribution in [3.05, 3.63) is 48.5 Å². The highest BCUT2D eigenvalue weighted by Gasteiger charge is 2.23. The Morgan fingerprint density at radius 1 is 1.10 bits per heavy atom. The summed E-state index contributed by atoms with van der Waals surface area (Å²) in [5, 5.41) is 7.69. The number of ether oxygens (including phenoxy) is 4. The summed E-state index contributed by atoms with van der Waals surface area (Å²) < 4.78 is 29.1. The molecule has 206 valence electrons. The maximum absolute atomic E-state index is 11.4. The molecule has 3 heterocycles. The average Bonchev–Trinajstić information content (AvgIpc) is 3.60. The van der Waals surface area contributed by atoms with Crippen LogP contribution >= 0.6 is 0 Å². The number of fused-ring (bicyclic) bond motifs is 1. The zero-order valence-electron chi connectivity index (χ0n) is 22.3. The first-order valence-corrected chi connectivity index (χ1v) is 13.0. The Hall–Kier alpha value is -4.32. The summed E-state index contributed by atoms with van der Waals surface area (Å²) in [7, 11) is 1.26. The van der Waals surface area contributed by atoms with E-state index in [-0.39, 0.29) is 6.04 Å². The van der Waals surface area contributed by atoms with Gasteiger partial charge in [-0.2, -0.15) is 10.1 Å². The van der Waals surface area contributed by atoms with Crippen LogP contribution in [0.25, 0.3) is 16.8 Å². The lowest BCUT2D eigenvalue weighted by Gasteiger charge is -2.32. The van der Waals surface area contributed by atoms with Crippen LogP contribution in [0.15, 0.2) is 47.4 Å². The normalized spacial score (nSPS) is 14.3. The van der Waals surface area contributed by atoms with Gasteiger partial charge in [-0.25, -0.2) is 14.5 Å². The predicted molar refractivity (Wildman–Crippen MR) is 143 cm³/mol. The van der Waals surface area contributed by atoms with Gasteiger partial charge in [-0.3, -0.25) is 4.90 Å². The van der Waals surface area contributed by atoms with Gasteiger partial charge in [-0.1, -0.05) is 0 Å². The minimum Gasteiger partial charge on any atom is -0.491 e. The van der Waals surface area contributed by atoms with E-state index in [1.165, 1.54) is 13.4 Å². The molecule has 0 amide bonds. The fourth-order valence-electron chi connectivity index (χ4n) is 4.65. The summed E-state index contributed by atoms with van der Waals surface area (Å²) in [5.41, 5.74) is 3.07. The molecule has 2 aromatic heterocycles. The van der Waals surface area contributed by atoms with Crippen molar-refractivity contribution in [2.24, 2.45) is 0 Å². The van der Waals surface area contributed by atoms with Crippen molar-refractivity contribution >= 4 is 23.3 Å². The predicted octanol–water partition coefficient (Wildman–Crippen LogP) is 4.43. The molecule has 12 nitrogen and oxygen atoms in total. The van der Waals surface area contributed by atoms with Crippen molar-refractivity contribution in [1.82, 2.24) is 24.6 Å². The van der Waals surface area contributed by atoms with Crippen molar-refractivity contribution in [1.29, 1.82) is 0 Å². The molecule has 0 bridgehead atoms. The molecule has 0 saturated carbocycles. The number of carbonyl (C=O) groups is 1. The van der Waals surface area contributed by atoms with Gasteiger partial charge in [-0.15, -0.1) is 0 Å². The van der Waals surface area contributed by atoms with Crippen LogP contribution in [0.1, 0.15) is 32.3 Å². The van der Waals surface area contributed by atoms with Crippen LogP contribution in [0, 0.1) is 0 Å². The minimum atomic E-state index is -0.780. The molecule has 5 rings (SSSR count). The van der Waals surface area contributed by atoms with E-state index in [2.05, 4.69) is 42.2 Å². The van der Waals surface area contributed by atoms with Crippen molar-refractivity contribution in [3.8, 4) is 22.9 Å². The maximum Gasteiger partial charge on any atom is 0.513 e. The molecule has 0 atom stereocenters. The summed E-state index contributed by atoms with van der Waals surface area (Å²) >= 11 is 0. The van der Waals surface area contributed by atoms with Gasteiger partial charge in [-0.05, 0) is 56.5 Å². The summed E-state index contributed by atoms with van der Waals surface area (Å²) in [6.07, 6.45) is 4.22. The van der Waals surface area contributed by atoms with Crippen LogP contribution in [0.5, 0.6) is 17.2 Å². The molecular weight excluding hydrogens is 504 g/mol. The SMILES string of the molecule is CCOc1cc(CN2CCC(Nc3nc4cc(OC(=O)OC)ccc4o3)CC2)cc(OCC)c1-n1cncn1. The van der Waals surface area contributed by atoms with Gasteiger partial charge in [0.2, 0.25) is 0 Å². The lowest BCUT2D eigenvalue weighted by atomic mass is 10.0. The Bertz CT molecular complexity index is 1370. The highest BCUT2D eigenvalue weighted by molar-refractivity contribution is 5.77. The number of likely N-dealkylation sites (tertiary alicyclic amines) is 1. The monoisotopic (exact) mass is 536 g/mol. The van der Waals surface area contributed by atoms with E-state index in [1.807, 2.05) is 13.8 Å². The third kappa shape index (κ3) is 6.23. The van der Waals surface area contributed by atoms with Gasteiger partial charge in [0.05, 0.1) is 20.3 Å². The van der Waals surface area contributed by atoms with Crippen molar-refractivity contribution in [3.63, 3.8) is 0 Å². The average molecular weight is 537 g/mol. The van der Waals surface area contributed by atoms with E-state index in [1.54, 1.807) is 29.2 Å². The number of nitrogens with one attached hydrogen (secondary N) is 1. The van der Waals surface area contributed by atoms with Crippen LogP contribution in [-0.4, -0.2) is 70.3 Å². The first kappa shape index (κ1) is 26.3. The molecule has 1 aliphatic heterocycles. The second-order valence-corrected chi connectivity index (χ2v) is 9.05. The molecule has 12 heteroatoms. The third-order valence-electron chi connectivity index (χ3n) is 6.40. The Balaban J connectivity index is 1.22. The van der Waals surface area contributed by atoms with Gasteiger partial charge in [0.15, 0.2) is 11.3 Å². The van der Waals surface area contributed by atoms with E-state index in [9.17, 15) is 4.79 Å². The first-order chi connectivity index (χ1) is 19.1. The molecule has 1 aliphatic rings. The topological polar surface area (TPSA) is 126 Å². The standard InChI is InChI=1S/C27H32N6O6/c1-4-36-23-12-18(13-24(37-5-2)25(23)33-17-28-16-29-33)15-32-10-8-19(9-11-32)30-26-31-21-14-20(38-27(34)35-3)6-7-22(21)39-26/h6-7,12-14,16-17,19H,4-5,8-11,15H2,1-3H3,(H,30,31). The first-order valence-electron chi connectivity index (χ1n) is 13.0. The van der Waals surface area contributed by atoms with Crippen LogP contribution in [0.2, 0.25) is 0 Å². The number of benzene rings is 2. The minimum absolute atomic E-state index is 0.229. The number of rotatable bonds is 10. The summed E-state index contributed by atoms with van der Waals surface area (Å²) in [6.45, 7) is 7.58. The van der Waals surface area contributed by atoms with Gasteiger partial charge in [0, 0.05) is 31.7 Å². The van der Waals surface area contributed by atoms with Crippen LogP contribution in [0.3, 0.4) is 0 Å². The Labute approximate surface area is 225 Å². The van der Waals surface area contributed by atoms with Crippen molar-refractivity contribution < 1.29 is 28.2 Å². The molecule has 0 radical (unpaired) electrons. The number of aromatic nitrogens is 4. The van der Waals surface area contributed by atoms with E-state index in [0.717, 1.165) is 55.2 Å². The van der Waals surface area contributed by atoms with E-state index < -0.39 is 6.16 Å². The largest absolute Gasteiger partial charge is 0.513 e. The van der Waals surface area contributed by atoms with Crippen molar-refractivity contribution in [2.75, 3.05) is 38.7 Å². The highest BCUT2D eigenvalue weighted by Crippen LogP contribution is 2.35. The second kappa shape index (κ2) is 12.0. The number of piperidine rings is 1. The fourth-order valence-corrected chi connectivity index (χ4v) is 4.65. The molecule has 0 aliphatic carbocycles.